The van der Waals surface area contributed by atoms with Crippen LogP contribution in [0.2, 0.25) is 0 Å². The maximum atomic E-state index is 12.4. The SMILES string of the molecule is CC1CCN(CC(=O)N(C(C)C)C(C)C)C1CO. The zero-order valence-corrected chi connectivity index (χ0v) is 12.4. The Morgan fingerprint density at radius 2 is 1.89 bits per heavy atom. The van der Waals surface area contributed by atoms with Gasteiger partial charge in [-0.3, -0.25) is 9.69 Å². The van der Waals surface area contributed by atoms with Gasteiger partial charge >= 0.3 is 0 Å². The molecule has 1 heterocycles. The number of aliphatic hydroxyl groups excluding tert-OH is 1. The van der Waals surface area contributed by atoms with E-state index in [1.54, 1.807) is 0 Å². The van der Waals surface area contributed by atoms with E-state index in [0.29, 0.717) is 12.5 Å². The first-order valence-corrected chi connectivity index (χ1v) is 7.04. The van der Waals surface area contributed by atoms with Crippen LogP contribution in [-0.4, -0.2) is 58.6 Å². The number of aliphatic hydroxyl groups is 1. The van der Waals surface area contributed by atoms with Gasteiger partial charge in [-0.2, -0.15) is 0 Å². The summed E-state index contributed by atoms with van der Waals surface area (Å²) in [5.74, 6) is 0.655. The van der Waals surface area contributed by atoms with Crippen molar-refractivity contribution >= 4 is 5.91 Å². The molecule has 0 saturated carbocycles. The lowest BCUT2D eigenvalue weighted by Gasteiger charge is -2.33. The van der Waals surface area contributed by atoms with Gasteiger partial charge in [0.25, 0.3) is 0 Å². The zero-order valence-electron chi connectivity index (χ0n) is 12.4. The van der Waals surface area contributed by atoms with Crippen molar-refractivity contribution in [3.63, 3.8) is 0 Å². The van der Waals surface area contributed by atoms with Crippen LogP contribution in [0.1, 0.15) is 41.0 Å². The summed E-state index contributed by atoms with van der Waals surface area (Å²) in [5, 5.41) is 9.41. The number of amides is 1. The minimum absolute atomic E-state index is 0.148. The van der Waals surface area contributed by atoms with Gasteiger partial charge < -0.3 is 10.0 Å². The number of rotatable bonds is 5. The van der Waals surface area contributed by atoms with E-state index in [9.17, 15) is 9.90 Å². The standard InChI is InChI=1S/C14H28N2O2/c1-10(2)16(11(3)4)14(18)8-15-7-6-12(5)13(15)9-17/h10-13,17H,6-9H2,1-5H3. The number of hydrogen-bond donors (Lipinski definition) is 1. The molecule has 1 N–H and O–H groups in total. The molecule has 0 aromatic heterocycles. The van der Waals surface area contributed by atoms with E-state index in [-0.39, 0.29) is 30.6 Å². The molecular formula is C14H28N2O2. The van der Waals surface area contributed by atoms with Crippen molar-refractivity contribution < 1.29 is 9.90 Å². The Morgan fingerprint density at radius 1 is 1.33 bits per heavy atom. The second-order valence-electron chi connectivity index (χ2n) is 5.97. The third kappa shape index (κ3) is 3.45. The summed E-state index contributed by atoms with van der Waals surface area (Å²) in [6.07, 6.45) is 1.07. The normalized spacial score (nSPS) is 25.1. The molecule has 1 saturated heterocycles. The van der Waals surface area contributed by atoms with E-state index in [1.807, 2.05) is 32.6 Å². The van der Waals surface area contributed by atoms with Gasteiger partial charge in [0, 0.05) is 18.1 Å². The van der Waals surface area contributed by atoms with Gasteiger partial charge in [0.05, 0.1) is 13.2 Å². The molecule has 0 radical (unpaired) electrons. The zero-order chi connectivity index (χ0) is 13.9. The Balaban J connectivity index is 2.63. The number of carbonyl (C=O) groups excluding carboxylic acids is 1. The van der Waals surface area contributed by atoms with Crippen LogP contribution in [0.4, 0.5) is 0 Å². The summed E-state index contributed by atoms with van der Waals surface area (Å²) in [5.41, 5.74) is 0. The quantitative estimate of drug-likeness (QED) is 0.807. The van der Waals surface area contributed by atoms with Gasteiger partial charge in [-0.25, -0.2) is 0 Å². The molecule has 18 heavy (non-hydrogen) atoms. The number of carbonyl (C=O) groups is 1. The highest BCUT2D eigenvalue weighted by atomic mass is 16.3. The second-order valence-corrected chi connectivity index (χ2v) is 5.97. The first-order valence-electron chi connectivity index (χ1n) is 7.04. The van der Waals surface area contributed by atoms with Crippen LogP contribution in [0, 0.1) is 5.92 Å². The lowest BCUT2D eigenvalue weighted by atomic mass is 10.0. The monoisotopic (exact) mass is 256 g/mol. The summed E-state index contributed by atoms with van der Waals surface area (Å²) >= 11 is 0. The lowest BCUT2D eigenvalue weighted by Crippen LogP contribution is -2.49. The van der Waals surface area contributed by atoms with Crippen molar-refractivity contribution in [3.05, 3.63) is 0 Å². The highest BCUT2D eigenvalue weighted by molar-refractivity contribution is 5.79. The Morgan fingerprint density at radius 3 is 2.33 bits per heavy atom. The van der Waals surface area contributed by atoms with Gasteiger partial charge in [-0.05, 0) is 46.6 Å². The fourth-order valence-electron chi connectivity index (χ4n) is 3.01. The van der Waals surface area contributed by atoms with Gasteiger partial charge in [0.2, 0.25) is 5.91 Å². The second kappa shape index (κ2) is 6.53. The highest BCUT2D eigenvalue weighted by Crippen LogP contribution is 2.23. The first-order chi connectivity index (χ1) is 8.38. The molecule has 1 aliphatic rings. The summed E-state index contributed by atoms with van der Waals surface area (Å²) < 4.78 is 0. The molecule has 0 bridgehead atoms. The van der Waals surface area contributed by atoms with Crippen LogP contribution in [0.25, 0.3) is 0 Å². The first kappa shape index (κ1) is 15.4. The van der Waals surface area contributed by atoms with Crippen molar-refractivity contribution in [1.29, 1.82) is 0 Å². The maximum Gasteiger partial charge on any atom is 0.237 e. The Kier molecular flexibility index (Phi) is 5.60. The average Bonchev–Trinajstić information content (AvgIpc) is 2.57. The van der Waals surface area contributed by atoms with E-state index in [0.717, 1.165) is 13.0 Å². The molecule has 1 rings (SSSR count). The molecular weight excluding hydrogens is 228 g/mol. The molecule has 1 amide bonds. The predicted octanol–water partition coefficient (Wildman–Crippen LogP) is 1.33. The molecule has 0 aromatic rings. The Bertz CT molecular complexity index is 271. The molecule has 1 fully saturated rings. The summed E-state index contributed by atoms with van der Waals surface area (Å²) in [4.78, 5) is 16.4. The van der Waals surface area contributed by atoms with E-state index >= 15 is 0 Å². The van der Waals surface area contributed by atoms with Crippen molar-refractivity contribution in [2.75, 3.05) is 19.7 Å². The van der Waals surface area contributed by atoms with Crippen molar-refractivity contribution in [2.45, 2.75) is 59.2 Å². The largest absolute Gasteiger partial charge is 0.395 e. The smallest absolute Gasteiger partial charge is 0.237 e. The van der Waals surface area contributed by atoms with E-state index in [1.165, 1.54) is 0 Å². The molecule has 106 valence electrons. The molecule has 4 heteroatoms. The number of hydrogen-bond acceptors (Lipinski definition) is 3. The van der Waals surface area contributed by atoms with E-state index in [4.69, 9.17) is 0 Å². The highest BCUT2D eigenvalue weighted by Gasteiger charge is 2.33. The average molecular weight is 256 g/mol. The lowest BCUT2D eigenvalue weighted by molar-refractivity contribution is -0.136. The fourth-order valence-corrected chi connectivity index (χ4v) is 3.01. The molecule has 1 aliphatic heterocycles. The topological polar surface area (TPSA) is 43.8 Å². The van der Waals surface area contributed by atoms with E-state index in [2.05, 4.69) is 11.8 Å². The molecule has 4 nitrogen and oxygen atoms in total. The van der Waals surface area contributed by atoms with Crippen molar-refractivity contribution in [1.82, 2.24) is 9.80 Å². The van der Waals surface area contributed by atoms with Crippen LogP contribution >= 0.6 is 0 Å². The van der Waals surface area contributed by atoms with Gasteiger partial charge in [-0.1, -0.05) is 6.92 Å². The summed E-state index contributed by atoms with van der Waals surface area (Å²) in [7, 11) is 0. The van der Waals surface area contributed by atoms with Crippen LogP contribution in [0.15, 0.2) is 0 Å². The van der Waals surface area contributed by atoms with Gasteiger partial charge in [0.15, 0.2) is 0 Å². The molecule has 0 spiro atoms. The number of nitrogens with zero attached hydrogens (tertiary/aromatic N) is 2. The predicted molar refractivity (Wildman–Crippen MR) is 73.3 cm³/mol. The minimum atomic E-state index is 0.148. The Hall–Kier alpha value is -0.610. The third-order valence-corrected chi connectivity index (χ3v) is 3.92. The van der Waals surface area contributed by atoms with Crippen molar-refractivity contribution in [2.24, 2.45) is 5.92 Å². The van der Waals surface area contributed by atoms with Crippen LogP contribution < -0.4 is 0 Å². The van der Waals surface area contributed by atoms with Crippen LogP contribution in [0.3, 0.4) is 0 Å². The third-order valence-electron chi connectivity index (χ3n) is 3.92. The minimum Gasteiger partial charge on any atom is -0.395 e. The summed E-state index contributed by atoms with van der Waals surface area (Å²) in [6, 6.07) is 0.602. The molecule has 0 aromatic carbocycles. The number of likely N-dealkylation sites (tertiary alicyclic amines) is 1. The van der Waals surface area contributed by atoms with Crippen LogP contribution in [0.5, 0.6) is 0 Å². The van der Waals surface area contributed by atoms with E-state index < -0.39 is 0 Å². The van der Waals surface area contributed by atoms with Gasteiger partial charge in [0.1, 0.15) is 0 Å². The molecule has 0 aliphatic carbocycles. The maximum absolute atomic E-state index is 12.4. The molecule has 2 atom stereocenters. The van der Waals surface area contributed by atoms with Crippen LogP contribution in [-0.2, 0) is 4.79 Å². The van der Waals surface area contributed by atoms with Gasteiger partial charge in [-0.15, -0.1) is 0 Å². The fraction of sp³-hybridized carbons (Fsp3) is 0.929. The molecule has 2 unspecified atom stereocenters. The Labute approximate surface area is 111 Å². The van der Waals surface area contributed by atoms with Crippen molar-refractivity contribution in [3.8, 4) is 0 Å². The summed E-state index contributed by atoms with van der Waals surface area (Å²) in [6.45, 7) is 11.9.